The highest BCUT2D eigenvalue weighted by Gasteiger charge is 2.23. The van der Waals surface area contributed by atoms with Gasteiger partial charge in [0.15, 0.2) is 0 Å². The van der Waals surface area contributed by atoms with Gasteiger partial charge in [-0.3, -0.25) is 4.79 Å². The second kappa shape index (κ2) is 11.2. The molecule has 1 fully saturated rings. The van der Waals surface area contributed by atoms with E-state index in [1.165, 1.54) is 22.9 Å². The summed E-state index contributed by atoms with van der Waals surface area (Å²) in [6.07, 6.45) is 7.74. The molecule has 0 unspecified atom stereocenters. The topological polar surface area (TPSA) is 124 Å². The number of anilines is 3. The molecule has 0 bridgehead atoms. The first kappa shape index (κ1) is 25.6. The van der Waals surface area contributed by atoms with Gasteiger partial charge in [-0.15, -0.1) is 0 Å². The highest BCUT2D eigenvalue weighted by molar-refractivity contribution is 6.00. The third-order valence-corrected chi connectivity index (χ3v) is 7.67. The summed E-state index contributed by atoms with van der Waals surface area (Å²) in [6, 6.07) is 27.3. The zero-order valence-electron chi connectivity index (χ0n) is 22.3. The van der Waals surface area contributed by atoms with E-state index in [-0.39, 0.29) is 17.6 Å². The van der Waals surface area contributed by atoms with Crippen molar-refractivity contribution in [3.63, 3.8) is 0 Å². The van der Waals surface area contributed by atoms with Gasteiger partial charge in [-0.25, -0.2) is 4.98 Å². The van der Waals surface area contributed by atoms with Crippen LogP contribution in [0.4, 0.5) is 17.5 Å². The first-order valence-corrected chi connectivity index (χ1v) is 13.7. The maximum absolute atomic E-state index is 12.2. The lowest BCUT2D eigenvalue weighted by Gasteiger charge is -2.29. The molecule has 5 aromatic rings. The summed E-state index contributed by atoms with van der Waals surface area (Å²) in [4.78, 5) is 21.2. The van der Waals surface area contributed by atoms with Crippen molar-refractivity contribution in [3.8, 4) is 11.1 Å². The van der Waals surface area contributed by atoms with Crippen LogP contribution >= 0.6 is 0 Å². The lowest BCUT2D eigenvalue weighted by Crippen LogP contribution is -2.43. The molecule has 6 N–H and O–H groups in total. The van der Waals surface area contributed by atoms with Crippen molar-refractivity contribution >= 4 is 34.3 Å². The molecule has 0 radical (unpaired) electrons. The van der Waals surface area contributed by atoms with Crippen molar-refractivity contribution < 1.29 is 4.79 Å². The van der Waals surface area contributed by atoms with Crippen molar-refractivity contribution in [1.82, 2.24) is 14.5 Å². The lowest BCUT2D eigenvalue weighted by molar-refractivity contribution is 0.100. The largest absolute Gasteiger partial charge is 0.365 e. The van der Waals surface area contributed by atoms with Gasteiger partial charge in [0.1, 0.15) is 11.4 Å². The summed E-state index contributed by atoms with van der Waals surface area (Å²) in [6.45, 7) is 0.734. The molecule has 1 saturated carbocycles. The molecule has 1 aliphatic carbocycles. The maximum Gasteiger partial charge on any atom is 0.254 e. The number of nitrogens with two attached hydrogens (primary N) is 2. The summed E-state index contributed by atoms with van der Waals surface area (Å²) in [5, 5.41) is 7.73. The van der Waals surface area contributed by atoms with E-state index in [1.807, 2.05) is 18.2 Å². The zero-order valence-corrected chi connectivity index (χ0v) is 22.3. The second-order valence-corrected chi connectivity index (χ2v) is 10.4. The van der Waals surface area contributed by atoms with E-state index in [4.69, 9.17) is 11.5 Å². The minimum Gasteiger partial charge on any atom is -0.365 e. The molecular formula is C32H33N7O. The number of nitrogens with zero attached hydrogens (tertiary/aromatic N) is 3. The van der Waals surface area contributed by atoms with Crippen LogP contribution in [-0.4, -0.2) is 32.5 Å². The normalized spacial score (nSPS) is 17.0. The monoisotopic (exact) mass is 531 g/mol. The molecule has 2 atom stereocenters. The van der Waals surface area contributed by atoms with E-state index in [0.29, 0.717) is 11.8 Å². The molecule has 8 heteroatoms. The predicted octanol–water partition coefficient (Wildman–Crippen LogP) is 5.67. The van der Waals surface area contributed by atoms with Crippen molar-refractivity contribution in [2.24, 2.45) is 11.5 Å². The highest BCUT2D eigenvalue weighted by Crippen LogP contribution is 2.30. The van der Waals surface area contributed by atoms with Crippen LogP contribution in [0.1, 0.15) is 41.6 Å². The predicted molar refractivity (Wildman–Crippen MR) is 161 cm³/mol. The minimum absolute atomic E-state index is 0.0487. The molecule has 0 spiro atoms. The van der Waals surface area contributed by atoms with Crippen LogP contribution in [0.5, 0.6) is 0 Å². The van der Waals surface area contributed by atoms with E-state index in [1.54, 1.807) is 0 Å². The van der Waals surface area contributed by atoms with Gasteiger partial charge in [-0.1, -0.05) is 73.5 Å². The van der Waals surface area contributed by atoms with Gasteiger partial charge < -0.3 is 26.7 Å². The molecule has 0 saturated heterocycles. The number of primary amides is 1. The molecule has 3 aromatic carbocycles. The Balaban J connectivity index is 1.25. The molecule has 202 valence electrons. The Morgan fingerprint density at radius 2 is 1.70 bits per heavy atom. The Bertz CT molecular complexity index is 1630. The number of rotatable bonds is 8. The highest BCUT2D eigenvalue weighted by atomic mass is 16.1. The summed E-state index contributed by atoms with van der Waals surface area (Å²) in [5.74, 6) is 0.205. The first-order chi connectivity index (χ1) is 19.5. The molecular weight excluding hydrogens is 498 g/mol. The van der Waals surface area contributed by atoms with Gasteiger partial charge in [-0.2, -0.15) is 4.98 Å². The number of carbonyl (C=O) groups is 1. The van der Waals surface area contributed by atoms with Gasteiger partial charge in [-0.05, 0) is 47.7 Å². The summed E-state index contributed by atoms with van der Waals surface area (Å²) < 4.78 is 2.21. The summed E-state index contributed by atoms with van der Waals surface area (Å²) >= 11 is 0. The average molecular weight is 532 g/mol. The van der Waals surface area contributed by atoms with Gasteiger partial charge in [0.25, 0.3) is 5.91 Å². The number of benzene rings is 3. The van der Waals surface area contributed by atoms with Crippen molar-refractivity contribution in [2.75, 3.05) is 10.6 Å². The SMILES string of the molecule is NC(=O)c1cnc(N[C@@H]2CCCC[C@@H]2N)nc1Nc1cccc2c1ccn2Cc1ccc(-c2ccccc2)cc1. The molecule has 0 aliphatic heterocycles. The van der Waals surface area contributed by atoms with Crippen LogP contribution in [0.25, 0.3) is 22.0 Å². The zero-order chi connectivity index (χ0) is 27.5. The van der Waals surface area contributed by atoms with E-state index < -0.39 is 5.91 Å². The van der Waals surface area contributed by atoms with Gasteiger partial charge >= 0.3 is 0 Å². The van der Waals surface area contributed by atoms with Crippen LogP contribution in [-0.2, 0) is 6.54 Å². The number of amides is 1. The molecule has 1 amide bonds. The average Bonchev–Trinajstić information content (AvgIpc) is 3.39. The molecule has 2 heterocycles. The van der Waals surface area contributed by atoms with Crippen LogP contribution in [0.15, 0.2) is 91.3 Å². The minimum atomic E-state index is -0.591. The van der Waals surface area contributed by atoms with Crippen LogP contribution < -0.4 is 22.1 Å². The van der Waals surface area contributed by atoms with E-state index in [9.17, 15) is 4.79 Å². The van der Waals surface area contributed by atoms with Crippen molar-refractivity contribution in [3.05, 3.63) is 102 Å². The smallest absolute Gasteiger partial charge is 0.254 e. The van der Waals surface area contributed by atoms with Crippen molar-refractivity contribution in [1.29, 1.82) is 0 Å². The molecule has 8 nitrogen and oxygen atoms in total. The van der Waals surface area contributed by atoms with E-state index >= 15 is 0 Å². The Morgan fingerprint density at radius 1 is 0.925 bits per heavy atom. The summed E-state index contributed by atoms with van der Waals surface area (Å²) in [5.41, 5.74) is 17.7. The van der Waals surface area contributed by atoms with Crippen molar-refractivity contribution in [2.45, 2.75) is 44.3 Å². The maximum atomic E-state index is 12.2. The molecule has 40 heavy (non-hydrogen) atoms. The van der Waals surface area contributed by atoms with Gasteiger partial charge in [0.2, 0.25) is 5.95 Å². The second-order valence-electron chi connectivity index (χ2n) is 10.4. The Labute approximate surface area is 233 Å². The molecule has 6 rings (SSSR count). The Kier molecular flexibility index (Phi) is 7.16. The summed E-state index contributed by atoms with van der Waals surface area (Å²) in [7, 11) is 0. The number of fused-ring (bicyclic) bond motifs is 1. The third-order valence-electron chi connectivity index (χ3n) is 7.67. The van der Waals surface area contributed by atoms with E-state index in [0.717, 1.165) is 48.8 Å². The molecule has 2 aromatic heterocycles. The third kappa shape index (κ3) is 5.39. The Morgan fingerprint density at radius 3 is 2.48 bits per heavy atom. The van der Waals surface area contributed by atoms with Crippen LogP contribution in [0.3, 0.4) is 0 Å². The van der Waals surface area contributed by atoms with Crippen LogP contribution in [0, 0.1) is 0 Å². The standard InChI is InChI=1S/C32H33N7O/c33-26-9-4-5-10-28(26)37-32-35-19-25(30(34)40)31(38-32)36-27-11-6-12-29-24(27)17-18-39(29)20-21-13-15-23(16-14-21)22-7-2-1-3-8-22/h1-3,6-8,11-19,26,28H,4-5,9-10,20,33H2,(H2,34,40)(H2,35,36,37,38)/t26-,28+/m0/s1. The fourth-order valence-corrected chi connectivity index (χ4v) is 5.46. The quantitative estimate of drug-likeness (QED) is 0.205. The fraction of sp³-hybridized carbons (Fsp3) is 0.219. The number of carbonyl (C=O) groups excluding carboxylic acids is 1. The lowest BCUT2D eigenvalue weighted by atomic mass is 9.91. The number of aromatic nitrogens is 3. The fourth-order valence-electron chi connectivity index (χ4n) is 5.46. The Hall–Kier alpha value is -4.69. The van der Waals surface area contributed by atoms with Gasteiger partial charge in [0.05, 0.1) is 5.52 Å². The van der Waals surface area contributed by atoms with Crippen LogP contribution in [0.2, 0.25) is 0 Å². The van der Waals surface area contributed by atoms with E-state index in [2.05, 4.69) is 92.0 Å². The number of hydrogen-bond acceptors (Lipinski definition) is 6. The number of nitrogens with one attached hydrogen (secondary N) is 2. The molecule has 1 aliphatic rings. The number of hydrogen-bond donors (Lipinski definition) is 4. The van der Waals surface area contributed by atoms with Gasteiger partial charge in [0, 0.05) is 42.1 Å². The first-order valence-electron chi connectivity index (χ1n) is 13.7.